The lowest BCUT2D eigenvalue weighted by Gasteiger charge is -2.20. The maximum absolute atomic E-state index is 14.0. The Morgan fingerprint density at radius 1 is 1.23 bits per heavy atom. The number of rotatable bonds is 3. The Balaban J connectivity index is 2.18. The minimum absolute atomic E-state index is 0.00380. The van der Waals surface area contributed by atoms with Gasteiger partial charge in [0.25, 0.3) is 5.91 Å². The van der Waals surface area contributed by atoms with E-state index >= 15 is 0 Å². The Morgan fingerprint density at radius 2 is 1.92 bits per heavy atom. The monoisotopic (exact) mass is 425 g/mol. The second kappa shape index (κ2) is 7.69. The average molecular weight is 426 g/mol. The van der Waals surface area contributed by atoms with Crippen LogP contribution in [0.2, 0.25) is 0 Å². The summed E-state index contributed by atoms with van der Waals surface area (Å²) in [6.45, 7) is 5.16. The van der Waals surface area contributed by atoms with Crippen LogP contribution in [0.3, 0.4) is 0 Å². The molecular weight excluding hydrogens is 409 g/mol. The molecule has 2 amide bonds. The summed E-state index contributed by atoms with van der Waals surface area (Å²) in [7, 11) is 0. The molecule has 9 heteroatoms. The number of benzene rings is 1. The number of carbonyl (C=O) groups is 2. The summed E-state index contributed by atoms with van der Waals surface area (Å²) in [4.78, 5) is 27.7. The average Bonchev–Trinajstić information content (AvgIpc) is 2.51. The van der Waals surface area contributed by atoms with Crippen LogP contribution < -0.4 is 10.6 Å². The maximum Gasteiger partial charge on any atom is 0.412 e. The Kier molecular flexibility index (Phi) is 5.81. The molecule has 0 atom stereocenters. The molecule has 0 fully saturated rings. The Bertz CT molecular complexity index is 852. The minimum atomic E-state index is -0.826. The van der Waals surface area contributed by atoms with E-state index in [0.717, 1.165) is 0 Å². The van der Waals surface area contributed by atoms with Crippen molar-refractivity contribution in [2.24, 2.45) is 0 Å². The number of hydrogen-bond acceptors (Lipinski definition) is 5. The molecule has 1 aromatic heterocycles. The van der Waals surface area contributed by atoms with Crippen molar-refractivity contribution in [3.05, 3.63) is 46.4 Å². The van der Waals surface area contributed by atoms with Crippen LogP contribution in [-0.2, 0) is 4.74 Å². The van der Waals surface area contributed by atoms with Gasteiger partial charge in [-0.25, -0.2) is 14.2 Å². The van der Waals surface area contributed by atoms with Gasteiger partial charge in [0.15, 0.2) is 5.82 Å². The van der Waals surface area contributed by atoms with E-state index in [0.29, 0.717) is 0 Å². The van der Waals surface area contributed by atoms with E-state index in [1.54, 1.807) is 20.8 Å². The van der Waals surface area contributed by atoms with Gasteiger partial charge in [-0.15, -0.1) is 0 Å². The molecule has 0 aliphatic rings. The van der Waals surface area contributed by atoms with Crippen molar-refractivity contribution < 1.29 is 23.8 Å². The zero-order valence-corrected chi connectivity index (χ0v) is 15.8. The number of anilines is 2. The summed E-state index contributed by atoms with van der Waals surface area (Å²) in [5.74, 6) is -1.86. The highest BCUT2D eigenvalue weighted by molar-refractivity contribution is 9.10. The number of phenols is 1. The van der Waals surface area contributed by atoms with Crippen LogP contribution in [0, 0.1) is 5.82 Å². The molecule has 0 spiro atoms. The molecule has 1 aromatic carbocycles. The number of ether oxygens (including phenoxy) is 1. The van der Waals surface area contributed by atoms with E-state index in [1.165, 1.54) is 30.5 Å². The standard InChI is InChI=1S/C17H17BrFN3O4/c1-17(2,3)26-16(25)21-9-4-5-12(23)11(8-9)22-15(24)10-6-7-20-14(18)13(10)19/h4-8,23H,1-3H3,(H,21,25)(H,22,24). The Morgan fingerprint density at radius 3 is 2.58 bits per heavy atom. The molecule has 2 rings (SSSR count). The van der Waals surface area contributed by atoms with Gasteiger partial charge in [0.2, 0.25) is 0 Å². The quantitative estimate of drug-likeness (QED) is 0.386. The highest BCUT2D eigenvalue weighted by Crippen LogP contribution is 2.28. The van der Waals surface area contributed by atoms with Crippen molar-refractivity contribution in [1.82, 2.24) is 4.98 Å². The second-order valence-electron chi connectivity index (χ2n) is 6.28. The highest BCUT2D eigenvalue weighted by Gasteiger charge is 2.18. The van der Waals surface area contributed by atoms with Gasteiger partial charge in [-0.3, -0.25) is 10.1 Å². The lowest BCUT2D eigenvalue weighted by molar-refractivity contribution is 0.0635. The van der Waals surface area contributed by atoms with E-state index in [1.807, 2.05) is 0 Å². The lowest BCUT2D eigenvalue weighted by atomic mass is 10.2. The number of aromatic hydroxyl groups is 1. The Hall–Kier alpha value is -2.68. The van der Waals surface area contributed by atoms with Gasteiger partial charge in [0.1, 0.15) is 16.0 Å². The van der Waals surface area contributed by atoms with Gasteiger partial charge >= 0.3 is 6.09 Å². The van der Waals surface area contributed by atoms with E-state index in [4.69, 9.17) is 4.74 Å². The second-order valence-corrected chi connectivity index (χ2v) is 7.03. The van der Waals surface area contributed by atoms with Gasteiger partial charge in [0.05, 0.1) is 11.3 Å². The molecule has 0 aliphatic heterocycles. The summed E-state index contributed by atoms with van der Waals surface area (Å²) < 4.78 is 19.0. The summed E-state index contributed by atoms with van der Waals surface area (Å²) in [6.07, 6.45) is 0.576. The number of phenolic OH excluding ortho intramolecular Hbond substituents is 1. The van der Waals surface area contributed by atoms with Gasteiger partial charge in [-0.1, -0.05) is 0 Å². The van der Waals surface area contributed by atoms with Gasteiger partial charge in [-0.2, -0.15) is 0 Å². The van der Waals surface area contributed by atoms with Crippen LogP contribution in [0.5, 0.6) is 5.75 Å². The maximum atomic E-state index is 14.0. The summed E-state index contributed by atoms with van der Waals surface area (Å²) in [5, 5.41) is 14.8. The van der Waals surface area contributed by atoms with E-state index in [2.05, 4.69) is 31.5 Å². The van der Waals surface area contributed by atoms with Gasteiger partial charge < -0.3 is 15.2 Å². The minimum Gasteiger partial charge on any atom is -0.506 e. The first-order valence-electron chi connectivity index (χ1n) is 7.51. The number of nitrogens with zero attached hydrogens (tertiary/aromatic N) is 1. The predicted molar refractivity (Wildman–Crippen MR) is 97.8 cm³/mol. The zero-order chi connectivity index (χ0) is 19.5. The van der Waals surface area contributed by atoms with Crippen molar-refractivity contribution in [1.29, 1.82) is 0 Å². The van der Waals surface area contributed by atoms with E-state index in [-0.39, 0.29) is 27.3 Å². The van der Waals surface area contributed by atoms with Crippen LogP contribution in [-0.4, -0.2) is 27.7 Å². The molecule has 3 N–H and O–H groups in total. The normalized spacial score (nSPS) is 11.0. The fourth-order valence-corrected chi connectivity index (χ4v) is 2.25. The number of aromatic nitrogens is 1. The summed E-state index contributed by atoms with van der Waals surface area (Å²) in [5.41, 5.74) is -0.652. The molecule has 0 radical (unpaired) electrons. The van der Waals surface area contributed by atoms with Gasteiger partial charge in [0, 0.05) is 11.9 Å². The van der Waals surface area contributed by atoms with E-state index < -0.39 is 23.4 Å². The number of nitrogens with one attached hydrogen (secondary N) is 2. The van der Waals surface area contributed by atoms with Crippen LogP contribution >= 0.6 is 15.9 Å². The molecule has 0 aliphatic carbocycles. The molecule has 0 bridgehead atoms. The van der Waals surface area contributed by atoms with Crippen molar-refractivity contribution in [3.8, 4) is 5.75 Å². The number of halogens is 2. The van der Waals surface area contributed by atoms with Crippen molar-refractivity contribution >= 4 is 39.3 Å². The fourth-order valence-electron chi connectivity index (χ4n) is 1.92. The summed E-state index contributed by atoms with van der Waals surface area (Å²) >= 11 is 2.90. The molecule has 0 saturated carbocycles. The van der Waals surface area contributed by atoms with Crippen LogP contribution in [0.15, 0.2) is 35.1 Å². The molecule has 0 unspecified atom stereocenters. The van der Waals surface area contributed by atoms with Crippen molar-refractivity contribution in [2.45, 2.75) is 26.4 Å². The zero-order valence-electron chi connectivity index (χ0n) is 14.3. The van der Waals surface area contributed by atoms with Crippen LogP contribution in [0.1, 0.15) is 31.1 Å². The lowest BCUT2D eigenvalue weighted by Crippen LogP contribution is -2.27. The molecular formula is C17H17BrFN3O4. The first kappa shape index (κ1) is 19.6. The number of hydrogen-bond donors (Lipinski definition) is 3. The van der Waals surface area contributed by atoms with Crippen molar-refractivity contribution in [2.75, 3.05) is 10.6 Å². The van der Waals surface area contributed by atoms with E-state index in [9.17, 15) is 19.1 Å². The molecule has 7 nitrogen and oxygen atoms in total. The number of pyridine rings is 1. The first-order valence-corrected chi connectivity index (χ1v) is 8.30. The Labute approximate surface area is 157 Å². The molecule has 0 saturated heterocycles. The third-order valence-corrected chi connectivity index (χ3v) is 3.53. The highest BCUT2D eigenvalue weighted by atomic mass is 79.9. The molecule has 2 aromatic rings. The molecule has 26 heavy (non-hydrogen) atoms. The summed E-state index contributed by atoms with van der Waals surface area (Å²) in [6, 6.07) is 5.24. The van der Waals surface area contributed by atoms with Crippen LogP contribution in [0.25, 0.3) is 0 Å². The predicted octanol–water partition coefficient (Wildman–Crippen LogP) is 4.29. The smallest absolute Gasteiger partial charge is 0.412 e. The molecule has 138 valence electrons. The van der Waals surface area contributed by atoms with Crippen LogP contribution in [0.4, 0.5) is 20.6 Å². The topological polar surface area (TPSA) is 101 Å². The SMILES string of the molecule is CC(C)(C)OC(=O)Nc1ccc(O)c(NC(=O)c2ccnc(Br)c2F)c1. The number of amides is 2. The van der Waals surface area contributed by atoms with Gasteiger partial charge in [-0.05, 0) is 61.0 Å². The third kappa shape index (κ3) is 5.16. The third-order valence-electron chi connectivity index (χ3n) is 2.98. The largest absolute Gasteiger partial charge is 0.506 e. The fraction of sp³-hybridized carbons (Fsp3) is 0.235. The van der Waals surface area contributed by atoms with Crippen molar-refractivity contribution in [3.63, 3.8) is 0 Å². The first-order chi connectivity index (χ1) is 12.1. The number of carbonyl (C=O) groups excluding carboxylic acids is 2. The molecule has 1 heterocycles.